The highest BCUT2D eigenvalue weighted by atomic mass is 28.1. The maximum absolute atomic E-state index is 14.6. The first-order valence-electron chi connectivity index (χ1n) is 11.4. The van der Waals surface area contributed by atoms with Crippen LogP contribution < -0.4 is 4.74 Å². The van der Waals surface area contributed by atoms with Crippen LogP contribution >= 0.6 is 0 Å². The quantitative estimate of drug-likeness (QED) is 0.365. The summed E-state index contributed by atoms with van der Waals surface area (Å²) in [6, 6.07) is 19.7. The van der Waals surface area contributed by atoms with Crippen molar-refractivity contribution in [3.63, 3.8) is 0 Å². The Morgan fingerprint density at radius 1 is 0.875 bits per heavy atom. The highest BCUT2D eigenvalue weighted by Crippen LogP contribution is 2.38. The lowest BCUT2D eigenvalue weighted by atomic mass is 9.79. The lowest BCUT2D eigenvalue weighted by Gasteiger charge is -2.28. The lowest BCUT2D eigenvalue weighted by molar-refractivity contribution is -0.185. The third kappa shape index (κ3) is 5.09. The van der Waals surface area contributed by atoms with Gasteiger partial charge in [0.25, 0.3) is 0 Å². The largest absolute Gasteiger partial charge is 0.429 e. The molecule has 0 aliphatic heterocycles. The predicted molar refractivity (Wildman–Crippen MR) is 127 cm³/mol. The summed E-state index contributed by atoms with van der Waals surface area (Å²) in [5, 5.41) is 0. The van der Waals surface area contributed by atoms with Crippen molar-refractivity contribution in [3.05, 3.63) is 89.2 Å². The van der Waals surface area contributed by atoms with Crippen LogP contribution in [0.2, 0.25) is 6.04 Å². The summed E-state index contributed by atoms with van der Waals surface area (Å²) in [7, 11) is 1.30. The Morgan fingerprint density at radius 2 is 1.47 bits per heavy atom. The molecule has 0 aromatic heterocycles. The molecule has 1 saturated carbocycles. The maximum Gasteiger partial charge on any atom is 0.426 e. The Hall–Kier alpha value is -2.53. The topological polar surface area (TPSA) is 9.23 Å². The molecule has 1 aliphatic carbocycles. The number of hydrogen-bond acceptors (Lipinski definition) is 1. The Balaban J connectivity index is 1.44. The van der Waals surface area contributed by atoms with Crippen LogP contribution in [0.1, 0.15) is 48.3 Å². The van der Waals surface area contributed by atoms with Crippen molar-refractivity contribution >= 4 is 10.2 Å². The van der Waals surface area contributed by atoms with E-state index in [9.17, 15) is 13.2 Å². The van der Waals surface area contributed by atoms with Crippen LogP contribution in [-0.4, -0.2) is 10.2 Å². The first-order chi connectivity index (χ1) is 15.4. The van der Waals surface area contributed by atoms with E-state index in [2.05, 4.69) is 24.3 Å². The van der Waals surface area contributed by atoms with Gasteiger partial charge >= 0.3 is 6.11 Å². The van der Waals surface area contributed by atoms with Gasteiger partial charge in [0.1, 0.15) is 11.6 Å². The van der Waals surface area contributed by atoms with Crippen molar-refractivity contribution in [3.8, 4) is 16.9 Å². The molecule has 3 aromatic carbocycles. The first-order valence-corrected chi connectivity index (χ1v) is 12.8. The Kier molecular flexibility index (Phi) is 6.75. The van der Waals surface area contributed by atoms with E-state index in [4.69, 9.17) is 4.74 Å². The van der Waals surface area contributed by atoms with Crippen LogP contribution in [0.5, 0.6) is 5.75 Å². The van der Waals surface area contributed by atoms with Gasteiger partial charge in [-0.2, -0.15) is 8.78 Å². The summed E-state index contributed by atoms with van der Waals surface area (Å²) in [5.41, 5.74) is 3.36. The molecule has 1 fully saturated rings. The molecule has 3 aromatic rings. The van der Waals surface area contributed by atoms with E-state index in [1.807, 2.05) is 0 Å². The molecule has 0 radical (unpaired) electrons. The fourth-order valence-corrected chi connectivity index (χ4v) is 5.37. The molecule has 0 spiro atoms. The normalized spacial score (nSPS) is 19.1. The van der Waals surface area contributed by atoms with Crippen LogP contribution in [0, 0.1) is 18.7 Å². The van der Waals surface area contributed by atoms with Crippen molar-refractivity contribution in [1.82, 2.24) is 0 Å². The zero-order valence-electron chi connectivity index (χ0n) is 18.6. The molecule has 0 bridgehead atoms. The second-order valence-corrected chi connectivity index (χ2v) is 9.67. The van der Waals surface area contributed by atoms with Gasteiger partial charge in [0.2, 0.25) is 0 Å². The number of alkyl halides is 2. The van der Waals surface area contributed by atoms with E-state index < -0.39 is 11.9 Å². The van der Waals surface area contributed by atoms with Crippen LogP contribution in [0.4, 0.5) is 13.2 Å². The van der Waals surface area contributed by atoms with Crippen LogP contribution in [0.25, 0.3) is 11.1 Å². The highest BCUT2D eigenvalue weighted by molar-refractivity contribution is 6.08. The minimum absolute atomic E-state index is 0.201. The molecule has 1 aliphatic rings. The summed E-state index contributed by atoms with van der Waals surface area (Å²) in [5.74, 6) is 0.797. The van der Waals surface area contributed by atoms with E-state index in [1.54, 1.807) is 19.1 Å². The molecule has 0 N–H and O–H groups in total. The van der Waals surface area contributed by atoms with Gasteiger partial charge in [-0.1, -0.05) is 61.4 Å². The van der Waals surface area contributed by atoms with Crippen molar-refractivity contribution < 1.29 is 17.9 Å². The fraction of sp³-hybridized carbons (Fsp3) is 0.333. The summed E-state index contributed by atoms with van der Waals surface area (Å²) in [6.45, 7) is 1.57. The van der Waals surface area contributed by atoms with Crippen molar-refractivity contribution in [2.24, 2.45) is 5.92 Å². The van der Waals surface area contributed by atoms with Gasteiger partial charge in [-0.3, -0.25) is 0 Å². The number of aryl methyl sites for hydroxylation is 1. The van der Waals surface area contributed by atoms with Gasteiger partial charge in [0.05, 0.1) is 5.56 Å². The van der Waals surface area contributed by atoms with Crippen LogP contribution in [0.3, 0.4) is 0 Å². The molecule has 1 nitrogen and oxygen atoms in total. The molecule has 0 heterocycles. The molecule has 0 saturated heterocycles. The predicted octanol–water partition coefficient (Wildman–Crippen LogP) is 6.99. The first kappa shape index (κ1) is 22.7. The van der Waals surface area contributed by atoms with E-state index >= 15 is 0 Å². The van der Waals surface area contributed by atoms with Crippen LogP contribution in [0.15, 0.2) is 66.7 Å². The third-order valence-corrected chi connectivity index (χ3v) is 7.90. The van der Waals surface area contributed by atoms with Crippen LogP contribution in [-0.2, 0) is 6.11 Å². The van der Waals surface area contributed by atoms with Crippen molar-refractivity contribution in [1.29, 1.82) is 0 Å². The summed E-state index contributed by atoms with van der Waals surface area (Å²) < 4.78 is 47.6. The van der Waals surface area contributed by atoms with Gasteiger partial charge in [-0.15, -0.1) is 0 Å². The summed E-state index contributed by atoms with van der Waals surface area (Å²) in [4.78, 5) is 0. The Bertz CT molecular complexity index is 1040. The van der Waals surface area contributed by atoms with Gasteiger partial charge < -0.3 is 4.74 Å². The SMILES string of the molecule is Cc1ccc(OC(F)(F)c2ccc(-c3ccc(C4CCC(C[SiH3])CC4)cc3)cc2)cc1F. The number of hydrogen-bond donors (Lipinski definition) is 0. The molecule has 0 amide bonds. The molecule has 0 atom stereocenters. The average Bonchev–Trinajstić information content (AvgIpc) is 2.81. The zero-order valence-corrected chi connectivity index (χ0v) is 20.6. The molecular formula is C27H29F3OSi. The standard InChI is InChI=1S/C27H29F3OSi/c1-18-2-15-25(16-26(18)28)31-27(29,30)24-13-11-23(12-14-24)22-9-7-21(8-10-22)20-5-3-19(17-32)4-6-20/h2,7-16,19-20H,3-6,17H2,1,32H3. The minimum Gasteiger partial charge on any atom is -0.429 e. The Labute approximate surface area is 191 Å². The molecule has 4 rings (SSSR count). The summed E-state index contributed by atoms with van der Waals surface area (Å²) in [6.07, 6.45) is 1.65. The number of rotatable bonds is 6. The van der Waals surface area contributed by atoms with Crippen molar-refractivity contribution in [2.45, 2.75) is 50.7 Å². The fourth-order valence-electron chi connectivity index (χ4n) is 4.55. The van der Waals surface area contributed by atoms with Crippen molar-refractivity contribution in [2.75, 3.05) is 0 Å². The summed E-state index contributed by atoms with van der Waals surface area (Å²) >= 11 is 0. The second-order valence-electron chi connectivity index (χ2n) is 8.86. The van der Waals surface area contributed by atoms with E-state index in [0.29, 0.717) is 11.5 Å². The van der Waals surface area contributed by atoms with Gasteiger partial charge in [0, 0.05) is 16.3 Å². The zero-order chi connectivity index (χ0) is 22.7. The second kappa shape index (κ2) is 9.53. The Morgan fingerprint density at radius 3 is 2.03 bits per heavy atom. The average molecular weight is 455 g/mol. The number of ether oxygens (including phenoxy) is 1. The monoisotopic (exact) mass is 454 g/mol. The highest BCUT2D eigenvalue weighted by Gasteiger charge is 2.34. The molecule has 32 heavy (non-hydrogen) atoms. The van der Waals surface area contributed by atoms with Gasteiger partial charge in [0.15, 0.2) is 0 Å². The van der Waals surface area contributed by atoms with E-state index in [0.717, 1.165) is 23.1 Å². The lowest BCUT2D eigenvalue weighted by Crippen LogP contribution is -2.21. The smallest absolute Gasteiger partial charge is 0.426 e. The minimum atomic E-state index is -3.55. The van der Waals surface area contributed by atoms with Gasteiger partial charge in [-0.25, -0.2) is 4.39 Å². The third-order valence-electron chi connectivity index (χ3n) is 6.75. The number of halogens is 3. The molecule has 5 heteroatoms. The molecular weight excluding hydrogens is 425 g/mol. The molecule has 168 valence electrons. The molecule has 0 unspecified atom stereocenters. The van der Waals surface area contributed by atoms with E-state index in [1.165, 1.54) is 71.8 Å². The number of benzene rings is 3. The maximum atomic E-state index is 14.6. The van der Waals surface area contributed by atoms with E-state index in [-0.39, 0.29) is 11.3 Å². The van der Waals surface area contributed by atoms with Gasteiger partial charge in [-0.05, 0) is 72.1 Å².